The van der Waals surface area contributed by atoms with E-state index in [0.717, 1.165) is 37.6 Å². The minimum Gasteiger partial charge on any atom is -0.357 e. The first-order valence-corrected chi connectivity index (χ1v) is 8.59. The summed E-state index contributed by atoms with van der Waals surface area (Å²) in [5.74, 6) is 2.95. The van der Waals surface area contributed by atoms with E-state index in [1.54, 1.807) is 19.0 Å². The van der Waals surface area contributed by atoms with Crippen LogP contribution in [0.25, 0.3) is 0 Å². The van der Waals surface area contributed by atoms with Crippen LogP contribution in [-0.4, -0.2) is 64.8 Å². The van der Waals surface area contributed by atoms with Crippen LogP contribution in [0.1, 0.15) is 44.8 Å². The molecule has 25 heavy (non-hydrogen) atoms. The van der Waals surface area contributed by atoms with Crippen molar-refractivity contribution in [1.29, 1.82) is 0 Å². The molecule has 0 saturated heterocycles. The quantitative estimate of drug-likeness (QED) is 0.386. The number of nitrogens with zero attached hydrogens (tertiary/aromatic N) is 5. The number of fused-ring (bicyclic) bond motifs is 1. The molecule has 0 radical (unpaired) electrons. The Hall–Kier alpha value is -1.39. The molecule has 1 aromatic rings. The molecule has 0 fully saturated rings. The Balaban J connectivity index is 0.00000312. The third kappa shape index (κ3) is 6.12. The number of hydrogen-bond acceptors (Lipinski definition) is 4. The average Bonchev–Trinajstić information content (AvgIpc) is 2.96. The molecule has 2 heterocycles. The molecule has 1 aromatic heterocycles. The van der Waals surface area contributed by atoms with Gasteiger partial charge in [-0.2, -0.15) is 5.10 Å². The van der Waals surface area contributed by atoms with Gasteiger partial charge in [0.25, 0.3) is 0 Å². The van der Waals surface area contributed by atoms with Gasteiger partial charge in [-0.1, -0.05) is 13.8 Å². The SMILES string of the molecule is CCNC(=NCC(=O)N(C)C)NC1CCc2nc(C(C)C)nn2C1.I. The maximum absolute atomic E-state index is 11.7. The lowest BCUT2D eigenvalue weighted by molar-refractivity contribution is -0.127. The molecule has 1 aliphatic rings. The van der Waals surface area contributed by atoms with Crippen molar-refractivity contribution in [1.82, 2.24) is 30.3 Å². The number of halogens is 1. The zero-order chi connectivity index (χ0) is 17.7. The zero-order valence-corrected chi connectivity index (χ0v) is 18.1. The number of likely N-dealkylation sites (N-methyl/N-ethyl adjacent to an activating group) is 1. The summed E-state index contributed by atoms with van der Waals surface area (Å²) in [6.07, 6.45) is 1.87. The van der Waals surface area contributed by atoms with Crippen molar-refractivity contribution < 1.29 is 4.79 Å². The fourth-order valence-electron chi connectivity index (χ4n) is 2.49. The van der Waals surface area contributed by atoms with Crippen molar-refractivity contribution in [2.24, 2.45) is 4.99 Å². The predicted octanol–water partition coefficient (Wildman–Crippen LogP) is 0.978. The van der Waals surface area contributed by atoms with Crippen LogP contribution in [0.5, 0.6) is 0 Å². The van der Waals surface area contributed by atoms with Crippen LogP contribution < -0.4 is 10.6 Å². The number of aryl methyl sites for hydroxylation is 1. The molecular formula is C16H30IN7O. The van der Waals surface area contributed by atoms with Gasteiger partial charge in [0, 0.05) is 39.0 Å². The van der Waals surface area contributed by atoms with Crippen molar-refractivity contribution in [3.8, 4) is 0 Å². The summed E-state index contributed by atoms with van der Waals surface area (Å²) in [7, 11) is 3.47. The van der Waals surface area contributed by atoms with Crippen LogP contribution in [0.3, 0.4) is 0 Å². The molecule has 1 atom stereocenters. The monoisotopic (exact) mass is 463 g/mol. The van der Waals surface area contributed by atoms with E-state index in [1.807, 2.05) is 11.6 Å². The summed E-state index contributed by atoms with van der Waals surface area (Å²) in [5.41, 5.74) is 0. The molecule has 9 heteroatoms. The fourth-order valence-corrected chi connectivity index (χ4v) is 2.49. The van der Waals surface area contributed by atoms with E-state index in [0.29, 0.717) is 11.9 Å². The van der Waals surface area contributed by atoms with Gasteiger partial charge in [0.05, 0.1) is 6.54 Å². The molecule has 0 aliphatic carbocycles. The highest BCUT2D eigenvalue weighted by atomic mass is 127. The van der Waals surface area contributed by atoms with E-state index >= 15 is 0 Å². The molecule has 2 rings (SSSR count). The molecular weight excluding hydrogens is 433 g/mol. The van der Waals surface area contributed by atoms with E-state index in [2.05, 4.69) is 39.6 Å². The van der Waals surface area contributed by atoms with Crippen molar-refractivity contribution in [3.05, 3.63) is 11.6 Å². The highest BCUT2D eigenvalue weighted by Crippen LogP contribution is 2.16. The summed E-state index contributed by atoms with van der Waals surface area (Å²) in [6, 6.07) is 0.228. The Morgan fingerprint density at radius 2 is 2.16 bits per heavy atom. The molecule has 8 nitrogen and oxygen atoms in total. The number of hydrogen-bond donors (Lipinski definition) is 2. The Bertz CT molecular complexity index is 597. The van der Waals surface area contributed by atoms with E-state index < -0.39 is 0 Å². The largest absolute Gasteiger partial charge is 0.357 e. The van der Waals surface area contributed by atoms with Crippen molar-refractivity contribution in [3.63, 3.8) is 0 Å². The van der Waals surface area contributed by atoms with Crippen LogP contribution in [-0.2, 0) is 17.8 Å². The fraction of sp³-hybridized carbons (Fsp3) is 0.750. The van der Waals surface area contributed by atoms with Crippen LogP contribution in [0.15, 0.2) is 4.99 Å². The molecule has 1 aliphatic heterocycles. The maximum Gasteiger partial charge on any atom is 0.243 e. The second-order valence-corrected chi connectivity index (χ2v) is 6.59. The standard InChI is InChI=1S/C16H29N7O.HI/c1-6-17-16(18-9-14(24)22(4)5)19-12-7-8-13-20-15(11(2)3)21-23(13)10-12;/h11-12H,6-10H2,1-5H3,(H2,17,18,19);1H. The first-order chi connectivity index (χ1) is 11.4. The van der Waals surface area contributed by atoms with Gasteiger partial charge >= 0.3 is 0 Å². The lowest BCUT2D eigenvalue weighted by atomic mass is 10.1. The Morgan fingerprint density at radius 3 is 2.76 bits per heavy atom. The maximum atomic E-state index is 11.7. The Kier molecular flexibility index (Phi) is 8.60. The molecule has 1 amide bonds. The third-order valence-electron chi connectivity index (χ3n) is 3.95. The molecule has 1 unspecified atom stereocenters. The average molecular weight is 463 g/mol. The van der Waals surface area contributed by atoms with Crippen LogP contribution in [0, 0.1) is 0 Å². The van der Waals surface area contributed by atoms with Crippen LogP contribution in [0.2, 0.25) is 0 Å². The number of nitrogens with one attached hydrogen (secondary N) is 2. The summed E-state index contributed by atoms with van der Waals surface area (Å²) >= 11 is 0. The summed E-state index contributed by atoms with van der Waals surface area (Å²) in [6.45, 7) is 7.88. The first kappa shape index (κ1) is 21.7. The summed E-state index contributed by atoms with van der Waals surface area (Å²) < 4.78 is 1.99. The number of rotatable bonds is 5. The number of aliphatic imine (C=N–C) groups is 1. The van der Waals surface area contributed by atoms with Gasteiger partial charge in [0.15, 0.2) is 11.8 Å². The predicted molar refractivity (Wildman–Crippen MR) is 109 cm³/mol. The molecule has 0 spiro atoms. The second-order valence-electron chi connectivity index (χ2n) is 6.59. The van der Waals surface area contributed by atoms with Crippen LogP contribution >= 0.6 is 24.0 Å². The van der Waals surface area contributed by atoms with Crippen molar-refractivity contribution in [2.75, 3.05) is 27.2 Å². The van der Waals surface area contributed by atoms with E-state index in [1.165, 1.54) is 0 Å². The smallest absolute Gasteiger partial charge is 0.243 e. The minimum absolute atomic E-state index is 0. The number of guanidine groups is 1. The van der Waals surface area contributed by atoms with E-state index in [4.69, 9.17) is 0 Å². The molecule has 0 saturated carbocycles. The highest BCUT2D eigenvalue weighted by Gasteiger charge is 2.23. The van der Waals surface area contributed by atoms with Gasteiger partial charge in [-0.25, -0.2) is 14.7 Å². The van der Waals surface area contributed by atoms with Gasteiger partial charge in [0.1, 0.15) is 12.4 Å². The van der Waals surface area contributed by atoms with E-state index in [9.17, 15) is 4.79 Å². The Morgan fingerprint density at radius 1 is 1.44 bits per heavy atom. The second kappa shape index (κ2) is 9.93. The van der Waals surface area contributed by atoms with Gasteiger partial charge in [-0.15, -0.1) is 24.0 Å². The van der Waals surface area contributed by atoms with Gasteiger partial charge in [0.2, 0.25) is 5.91 Å². The third-order valence-corrected chi connectivity index (χ3v) is 3.95. The Labute approximate surface area is 166 Å². The summed E-state index contributed by atoms with van der Waals surface area (Å²) in [4.78, 5) is 22.2. The highest BCUT2D eigenvalue weighted by molar-refractivity contribution is 14.0. The molecule has 2 N–H and O–H groups in total. The number of aromatic nitrogens is 3. The first-order valence-electron chi connectivity index (χ1n) is 8.59. The number of carbonyl (C=O) groups excluding carboxylic acids is 1. The zero-order valence-electron chi connectivity index (χ0n) is 15.7. The molecule has 0 aromatic carbocycles. The van der Waals surface area contributed by atoms with E-state index in [-0.39, 0.29) is 42.5 Å². The van der Waals surface area contributed by atoms with Gasteiger partial charge < -0.3 is 15.5 Å². The number of carbonyl (C=O) groups is 1. The summed E-state index contributed by atoms with van der Waals surface area (Å²) in [5, 5.41) is 11.2. The van der Waals surface area contributed by atoms with Crippen molar-refractivity contribution >= 4 is 35.8 Å². The van der Waals surface area contributed by atoms with Crippen LogP contribution in [0.4, 0.5) is 0 Å². The molecule has 142 valence electrons. The lowest BCUT2D eigenvalue weighted by Gasteiger charge is -2.25. The van der Waals surface area contributed by atoms with Gasteiger partial charge in [-0.05, 0) is 13.3 Å². The topological polar surface area (TPSA) is 87.4 Å². The normalized spacial score (nSPS) is 16.9. The molecule has 0 bridgehead atoms. The lowest BCUT2D eigenvalue weighted by Crippen LogP contribution is -2.47. The van der Waals surface area contributed by atoms with Gasteiger partial charge in [-0.3, -0.25) is 4.79 Å². The minimum atomic E-state index is -0.0176. The van der Waals surface area contributed by atoms with Crippen molar-refractivity contribution in [2.45, 2.75) is 52.1 Å². The number of amides is 1.